The molecule has 2 aromatic carbocycles. The SMILES string of the molecule is CC(Sc1nc2ccccc2o1)C(=O)c1ccc(F)cc1. The van der Waals surface area contributed by atoms with Crippen LogP contribution >= 0.6 is 11.8 Å². The van der Waals surface area contributed by atoms with Crippen LogP contribution in [0.4, 0.5) is 4.39 Å². The van der Waals surface area contributed by atoms with Crippen molar-refractivity contribution in [1.29, 1.82) is 0 Å². The third-order valence-electron chi connectivity index (χ3n) is 3.05. The van der Waals surface area contributed by atoms with Crippen molar-refractivity contribution in [3.05, 3.63) is 59.9 Å². The number of nitrogens with zero attached hydrogens (tertiary/aromatic N) is 1. The number of thioether (sulfide) groups is 1. The molecular formula is C16H12FNO2S. The first kappa shape index (κ1) is 13.8. The van der Waals surface area contributed by atoms with Crippen LogP contribution in [0.3, 0.4) is 0 Å². The molecule has 0 spiro atoms. The lowest BCUT2D eigenvalue weighted by molar-refractivity contribution is 0.0993. The number of para-hydroxylation sites is 2. The van der Waals surface area contributed by atoms with E-state index in [1.807, 2.05) is 24.3 Å². The number of oxazole rings is 1. The summed E-state index contributed by atoms with van der Waals surface area (Å²) >= 11 is 1.26. The summed E-state index contributed by atoms with van der Waals surface area (Å²) in [4.78, 5) is 16.6. The van der Waals surface area contributed by atoms with Crippen LogP contribution in [-0.4, -0.2) is 16.0 Å². The fourth-order valence-electron chi connectivity index (χ4n) is 1.96. The van der Waals surface area contributed by atoms with Crippen molar-refractivity contribution in [3.63, 3.8) is 0 Å². The molecule has 0 aliphatic heterocycles. The molecule has 0 N–H and O–H groups in total. The molecule has 0 aliphatic rings. The standard InChI is InChI=1S/C16H12FNO2S/c1-10(15(19)11-6-8-12(17)9-7-11)21-16-18-13-4-2-3-5-14(13)20-16/h2-10H,1H3. The zero-order valence-electron chi connectivity index (χ0n) is 11.2. The number of aromatic nitrogens is 1. The number of rotatable bonds is 4. The Balaban J connectivity index is 1.77. The summed E-state index contributed by atoms with van der Waals surface area (Å²) in [5.74, 6) is -0.437. The van der Waals surface area contributed by atoms with Gasteiger partial charge in [0, 0.05) is 5.56 Å². The molecule has 0 radical (unpaired) electrons. The van der Waals surface area contributed by atoms with Gasteiger partial charge in [0.2, 0.25) is 0 Å². The van der Waals surface area contributed by atoms with E-state index in [0.717, 1.165) is 5.52 Å². The van der Waals surface area contributed by atoms with Crippen LogP contribution < -0.4 is 0 Å². The van der Waals surface area contributed by atoms with Crippen LogP contribution in [0.15, 0.2) is 58.2 Å². The molecule has 3 aromatic rings. The van der Waals surface area contributed by atoms with E-state index in [0.29, 0.717) is 16.4 Å². The third-order valence-corrected chi connectivity index (χ3v) is 3.99. The first-order valence-electron chi connectivity index (χ1n) is 6.45. The quantitative estimate of drug-likeness (QED) is 0.531. The van der Waals surface area contributed by atoms with Crippen LogP contribution in [0.25, 0.3) is 11.1 Å². The maximum atomic E-state index is 12.9. The van der Waals surface area contributed by atoms with E-state index in [1.54, 1.807) is 6.92 Å². The normalized spacial score (nSPS) is 12.5. The number of hydrogen-bond donors (Lipinski definition) is 0. The molecular weight excluding hydrogens is 289 g/mol. The zero-order chi connectivity index (χ0) is 14.8. The van der Waals surface area contributed by atoms with Crippen molar-refractivity contribution in [2.75, 3.05) is 0 Å². The topological polar surface area (TPSA) is 43.1 Å². The van der Waals surface area contributed by atoms with Crippen molar-refractivity contribution in [3.8, 4) is 0 Å². The van der Waals surface area contributed by atoms with Gasteiger partial charge in [-0.05, 0) is 43.3 Å². The Labute approximate surface area is 125 Å². The smallest absolute Gasteiger partial charge is 0.257 e. The summed E-state index contributed by atoms with van der Waals surface area (Å²) < 4.78 is 18.5. The molecule has 1 heterocycles. The number of halogens is 1. The Morgan fingerprint density at radius 2 is 1.90 bits per heavy atom. The molecule has 0 bridgehead atoms. The molecule has 0 fully saturated rings. The Morgan fingerprint density at radius 3 is 2.62 bits per heavy atom. The predicted octanol–water partition coefficient (Wildman–Crippen LogP) is 4.33. The van der Waals surface area contributed by atoms with Gasteiger partial charge in [-0.25, -0.2) is 9.37 Å². The van der Waals surface area contributed by atoms with Gasteiger partial charge >= 0.3 is 0 Å². The summed E-state index contributed by atoms with van der Waals surface area (Å²) in [6.45, 7) is 1.78. The number of benzene rings is 2. The number of ketones is 1. The molecule has 0 saturated carbocycles. The van der Waals surface area contributed by atoms with Crippen LogP contribution in [0.5, 0.6) is 0 Å². The molecule has 21 heavy (non-hydrogen) atoms. The van der Waals surface area contributed by atoms with Gasteiger partial charge < -0.3 is 4.42 Å². The first-order valence-corrected chi connectivity index (χ1v) is 7.33. The number of hydrogen-bond acceptors (Lipinski definition) is 4. The molecule has 0 saturated heterocycles. The number of fused-ring (bicyclic) bond motifs is 1. The molecule has 1 atom stereocenters. The van der Waals surface area contributed by atoms with Gasteiger partial charge in [0.1, 0.15) is 11.3 Å². The highest BCUT2D eigenvalue weighted by molar-refractivity contribution is 8.00. The van der Waals surface area contributed by atoms with E-state index in [2.05, 4.69) is 4.98 Å². The van der Waals surface area contributed by atoms with Gasteiger partial charge in [0.05, 0.1) is 5.25 Å². The van der Waals surface area contributed by atoms with E-state index in [-0.39, 0.29) is 16.9 Å². The lowest BCUT2D eigenvalue weighted by Crippen LogP contribution is -2.13. The van der Waals surface area contributed by atoms with Crippen molar-refractivity contribution in [2.24, 2.45) is 0 Å². The van der Waals surface area contributed by atoms with Crippen molar-refractivity contribution in [2.45, 2.75) is 17.4 Å². The summed E-state index contributed by atoms with van der Waals surface area (Å²) in [5, 5.41) is 0.0997. The summed E-state index contributed by atoms with van der Waals surface area (Å²) in [6.07, 6.45) is 0. The van der Waals surface area contributed by atoms with Crippen molar-refractivity contribution < 1.29 is 13.6 Å². The van der Waals surface area contributed by atoms with Gasteiger partial charge in [-0.2, -0.15) is 0 Å². The van der Waals surface area contributed by atoms with Gasteiger partial charge in [-0.15, -0.1) is 0 Å². The Hall–Kier alpha value is -2.14. The highest BCUT2D eigenvalue weighted by Crippen LogP contribution is 2.28. The summed E-state index contributed by atoms with van der Waals surface area (Å²) in [6, 6.07) is 13.0. The lowest BCUT2D eigenvalue weighted by atomic mass is 10.1. The van der Waals surface area contributed by atoms with E-state index in [1.165, 1.54) is 36.0 Å². The maximum Gasteiger partial charge on any atom is 0.257 e. The predicted molar refractivity (Wildman–Crippen MR) is 80.1 cm³/mol. The monoisotopic (exact) mass is 301 g/mol. The second kappa shape index (κ2) is 5.69. The minimum absolute atomic E-state index is 0.0812. The van der Waals surface area contributed by atoms with Gasteiger partial charge in [-0.3, -0.25) is 4.79 Å². The number of carbonyl (C=O) groups excluding carboxylic acids is 1. The minimum atomic E-state index is -0.358. The van der Waals surface area contributed by atoms with E-state index in [4.69, 9.17) is 4.42 Å². The summed E-state index contributed by atoms with van der Waals surface area (Å²) in [7, 11) is 0. The van der Waals surface area contributed by atoms with E-state index >= 15 is 0 Å². The summed E-state index contributed by atoms with van der Waals surface area (Å²) in [5.41, 5.74) is 1.94. The average molecular weight is 301 g/mol. The molecule has 0 aliphatic carbocycles. The highest BCUT2D eigenvalue weighted by Gasteiger charge is 2.19. The lowest BCUT2D eigenvalue weighted by Gasteiger charge is -2.07. The van der Waals surface area contributed by atoms with Crippen LogP contribution in [0, 0.1) is 5.82 Å². The minimum Gasteiger partial charge on any atom is -0.431 e. The molecule has 1 unspecified atom stereocenters. The fraction of sp³-hybridized carbons (Fsp3) is 0.125. The van der Waals surface area contributed by atoms with Crippen LogP contribution in [-0.2, 0) is 0 Å². The van der Waals surface area contributed by atoms with Crippen LogP contribution in [0.1, 0.15) is 17.3 Å². The Kier molecular flexibility index (Phi) is 3.75. The van der Waals surface area contributed by atoms with Crippen LogP contribution in [0.2, 0.25) is 0 Å². The third kappa shape index (κ3) is 2.97. The zero-order valence-corrected chi connectivity index (χ0v) is 12.1. The molecule has 5 heteroatoms. The van der Waals surface area contributed by atoms with Crippen molar-refractivity contribution in [1.82, 2.24) is 4.98 Å². The largest absolute Gasteiger partial charge is 0.431 e. The number of Topliss-reactive ketones (excluding diaryl/α,β-unsaturated/α-hetero) is 1. The molecule has 1 aromatic heterocycles. The molecule has 3 nitrogen and oxygen atoms in total. The Morgan fingerprint density at radius 1 is 1.19 bits per heavy atom. The molecule has 3 rings (SSSR count). The molecule has 0 amide bonds. The number of carbonyl (C=O) groups is 1. The second-order valence-electron chi connectivity index (χ2n) is 4.58. The average Bonchev–Trinajstić information content (AvgIpc) is 2.89. The first-order chi connectivity index (χ1) is 10.1. The van der Waals surface area contributed by atoms with E-state index in [9.17, 15) is 9.18 Å². The Bertz CT molecular complexity index is 749. The van der Waals surface area contributed by atoms with Gasteiger partial charge in [0.15, 0.2) is 11.4 Å². The maximum absolute atomic E-state index is 12.9. The molecule has 106 valence electrons. The van der Waals surface area contributed by atoms with Gasteiger partial charge in [-0.1, -0.05) is 23.9 Å². The van der Waals surface area contributed by atoms with Crippen molar-refractivity contribution >= 4 is 28.6 Å². The van der Waals surface area contributed by atoms with Gasteiger partial charge in [0.25, 0.3) is 5.22 Å². The fourth-order valence-corrected chi connectivity index (χ4v) is 2.79. The highest BCUT2D eigenvalue weighted by atomic mass is 32.2. The van der Waals surface area contributed by atoms with E-state index < -0.39 is 0 Å². The second-order valence-corrected chi connectivity index (χ2v) is 5.87.